The first-order chi connectivity index (χ1) is 6.29. The molecular formula is C11H18O2. The van der Waals surface area contributed by atoms with E-state index in [2.05, 4.69) is 19.1 Å². The van der Waals surface area contributed by atoms with E-state index in [0.29, 0.717) is 5.92 Å². The predicted molar refractivity (Wildman–Crippen MR) is 53.4 cm³/mol. The fourth-order valence-electron chi connectivity index (χ4n) is 1.78. The van der Waals surface area contributed by atoms with Crippen LogP contribution in [0.4, 0.5) is 0 Å². The Labute approximate surface area is 80.2 Å². The summed E-state index contributed by atoms with van der Waals surface area (Å²) < 4.78 is 10.9. The van der Waals surface area contributed by atoms with Gasteiger partial charge in [-0.2, -0.15) is 0 Å². The molecule has 0 fully saturated rings. The monoisotopic (exact) mass is 182 g/mol. The zero-order valence-corrected chi connectivity index (χ0v) is 8.62. The molecule has 0 amide bonds. The zero-order chi connectivity index (χ0) is 9.73. The van der Waals surface area contributed by atoms with Crippen LogP contribution < -0.4 is 0 Å². The Morgan fingerprint density at radius 3 is 2.46 bits per heavy atom. The highest BCUT2D eigenvalue weighted by atomic mass is 16.7. The van der Waals surface area contributed by atoms with Crippen molar-refractivity contribution in [1.29, 1.82) is 0 Å². The van der Waals surface area contributed by atoms with Gasteiger partial charge in [-0.3, -0.25) is 0 Å². The fraction of sp³-hybridized carbons (Fsp3) is 0.636. The third-order valence-corrected chi connectivity index (χ3v) is 2.54. The Hall–Kier alpha value is -0.600. The van der Waals surface area contributed by atoms with Crippen molar-refractivity contribution in [3.8, 4) is 0 Å². The van der Waals surface area contributed by atoms with Gasteiger partial charge >= 0.3 is 0 Å². The molecule has 0 bridgehead atoms. The average Bonchev–Trinajstić information content (AvgIpc) is 2.20. The van der Waals surface area contributed by atoms with E-state index in [9.17, 15) is 0 Å². The van der Waals surface area contributed by atoms with E-state index in [-0.39, 0.29) is 0 Å². The van der Waals surface area contributed by atoms with Crippen LogP contribution in [0.5, 0.6) is 0 Å². The van der Waals surface area contributed by atoms with Crippen LogP contribution in [0.25, 0.3) is 0 Å². The molecule has 0 aromatic carbocycles. The second-order valence-electron chi connectivity index (χ2n) is 3.27. The van der Waals surface area contributed by atoms with E-state index in [1.165, 1.54) is 0 Å². The maximum absolute atomic E-state index is 5.43. The summed E-state index contributed by atoms with van der Waals surface area (Å²) in [6, 6.07) is 0. The maximum Gasteiger partial charge on any atom is 0.193 e. The normalized spacial score (nSPS) is 25.0. The second-order valence-corrected chi connectivity index (χ2v) is 3.27. The van der Waals surface area contributed by atoms with E-state index in [0.717, 1.165) is 12.8 Å². The van der Waals surface area contributed by atoms with E-state index >= 15 is 0 Å². The highest BCUT2D eigenvalue weighted by Gasteiger charge is 2.35. The molecule has 0 aromatic rings. The van der Waals surface area contributed by atoms with Crippen LogP contribution in [0.3, 0.4) is 0 Å². The molecule has 0 aromatic heterocycles. The first-order valence-corrected chi connectivity index (χ1v) is 4.75. The topological polar surface area (TPSA) is 18.5 Å². The summed E-state index contributed by atoms with van der Waals surface area (Å²) in [7, 11) is 3.38. The van der Waals surface area contributed by atoms with Crippen LogP contribution in [0.2, 0.25) is 0 Å². The van der Waals surface area contributed by atoms with Crippen LogP contribution in [0.1, 0.15) is 19.8 Å². The van der Waals surface area contributed by atoms with Gasteiger partial charge in [0.15, 0.2) is 5.79 Å². The summed E-state index contributed by atoms with van der Waals surface area (Å²) in [5.41, 5.74) is 0. The van der Waals surface area contributed by atoms with Crippen molar-refractivity contribution in [1.82, 2.24) is 0 Å². The number of allylic oxidation sites excluding steroid dienone is 2. The summed E-state index contributed by atoms with van der Waals surface area (Å²) in [5.74, 6) is -0.206. The standard InChI is InChI=1S/C11H18O2/c1-4-7-10-8-5-6-9-11(10,12-2)13-3/h5-6,8-10H,4,7H2,1-3H3. The van der Waals surface area contributed by atoms with Crippen LogP contribution >= 0.6 is 0 Å². The lowest BCUT2D eigenvalue weighted by molar-refractivity contribution is -0.196. The van der Waals surface area contributed by atoms with E-state index in [4.69, 9.17) is 9.47 Å². The van der Waals surface area contributed by atoms with Crippen molar-refractivity contribution in [3.05, 3.63) is 24.3 Å². The number of methoxy groups -OCH3 is 2. The van der Waals surface area contributed by atoms with Crippen molar-refractivity contribution in [2.24, 2.45) is 5.92 Å². The number of ether oxygens (including phenoxy) is 2. The van der Waals surface area contributed by atoms with Crippen molar-refractivity contribution in [2.45, 2.75) is 25.6 Å². The lowest BCUT2D eigenvalue weighted by Crippen LogP contribution is -2.40. The molecule has 1 atom stereocenters. The van der Waals surface area contributed by atoms with Crippen molar-refractivity contribution >= 4 is 0 Å². The molecule has 1 aliphatic rings. The van der Waals surface area contributed by atoms with Gasteiger partial charge in [0.25, 0.3) is 0 Å². The summed E-state index contributed by atoms with van der Waals surface area (Å²) in [5, 5.41) is 0. The highest BCUT2D eigenvalue weighted by Crippen LogP contribution is 2.31. The summed E-state index contributed by atoms with van der Waals surface area (Å²) in [6.45, 7) is 2.17. The molecule has 1 unspecified atom stereocenters. The lowest BCUT2D eigenvalue weighted by Gasteiger charge is -2.35. The minimum Gasteiger partial charge on any atom is -0.349 e. The van der Waals surface area contributed by atoms with Gasteiger partial charge in [-0.25, -0.2) is 0 Å². The van der Waals surface area contributed by atoms with Gasteiger partial charge < -0.3 is 9.47 Å². The molecule has 13 heavy (non-hydrogen) atoms. The Morgan fingerprint density at radius 1 is 1.23 bits per heavy atom. The first-order valence-electron chi connectivity index (χ1n) is 4.75. The first kappa shape index (κ1) is 10.5. The summed E-state index contributed by atoms with van der Waals surface area (Å²) >= 11 is 0. The van der Waals surface area contributed by atoms with Crippen LogP contribution in [0.15, 0.2) is 24.3 Å². The molecule has 0 aliphatic heterocycles. The number of hydrogen-bond donors (Lipinski definition) is 0. The molecule has 0 spiro atoms. The van der Waals surface area contributed by atoms with Crippen molar-refractivity contribution < 1.29 is 9.47 Å². The lowest BCUT2D eigenvalue weighted by atomic mass is 9.89. The Bertz CT molecular complexity index is 202. The third-order valence-electron chi connectivity index (χ3n) is 2.54. The van der Waals surface area contributed by atoms with Gasteiger partial charge in [0.1, 0.15) is 0 Å². The van der Waals surface area contributed by atoms with Gasteiger partial charge in [0, 0.05) is 20.1 Å². The fourth-order valence-corrected chi connectivity index (χ4v) is 1.78. The van der Waals surface area contributed by atoms with Crippen LogP contribution in [-0.2, 0) is 9.47 Å². The molecule has 74 valence electrons. The summed E-state index contributed by atoms with van der Waals surface area (Å²) in [6.07, 6.45) is 10.4. The molecule has 0 N–H and O–H groups in total. The van der Waals surface area contributed by atoms with Gasteiger partial charge in [-0.15, -0.1) is 0 Å². The number of rotatable bonds is 4. The molecular weight excluding hydrogens is 164 g/mol. The van der Waals surface area contributed by atoms with Gasteiger partial charge in [-0.05, 0) is 12.5 Å². The molecule has 0 radical (unpaired) electrons. The Kier molecular flexibility index (Phi) is 3.70. The molecule has 0 saturated carbocycles. The molecule has 2 heteroatoms. The predicted octanol–water partition coefficient (Wildman–Crippen LogP) is 2.52. The minimum atomic E-state index is -0.537. The van der Waals surface area contributed by atoms with E-state index < -0.39 is 5.79 Å². The van der Waals surface area contributed by atoms with Crippen LogP contribution in [0, 0.1) is 5.92 Å². The molecule has 0 heterocycles. The quantitative estimate of drug-likeness (QED) is 0.622. The van der Waals surface area contributed by atoms with Gasteiger partial charge in [-0.1, -0.05) is 31.6 Å². The van der Waals surface area contributed by atoms with Crippen molar-refractivity contribution in [2.75, 3.05) is 14.2 Å². The van der Waals surface area contributed by atoms with Gasteiger partial charge in [0.05, 0.1) is 0 Å². The second kappa shape index (κ2) is 4.58. The number of hydrogen-bond acceptors (Lipinski definition) is 2. The molecule has 2 nitrogen and oxygen atoms in total. The maximum atomic E-state index is 5.43. The largest absolute Gasteiger partial charge is 0.349 e. The highest BCUT2D eigenvalue weighted by molar-refractivity contribution is 5.19. The van der Waals surface area contributed by atoms with E-state index in [1.807, 2.05) is 12.2 Å². The SMILES string of the molecule is CCCC1C=CC=CC1(OC)OC. The molecule has 0 saturated heterocycles. The van der Waals surface area contributed by atoms with E-state index in [1.54, 1.807) is 14.2 Å². The van der Waals surface area contributed by atoms with Crippen LogP contribution in [-0.4, -0.2) is 20.0 Å². The molecule has 1 aliphatic carbocycles. The molecule has 1 rings (SSSR count). The van der Waals surface area contributed by atoms with Crippen molar-refractivity contribution in [3.63, 3.8) is 0 Å². The smallest absolute Gasteiger partial charge is 0.193 e. The Morgan fingerprint density at radius 2 is 1.92 bits per heavy atom. The average molecular weight is 182 g/mol. The minimum absolute atomic E-state index is 0.331. The Balaban J connectivity index is 2.78. The zero-order valence-electron chi connectivity index (χ0n) is 8.62. The van der Waals surface area contributed by atoms with Gasteiger partial charge in [0.2, 0.25) is 0 Å². The summed E-state index contributed by atoms with van der Waals surface area (Å²) in [4.78, 5) is 0. The third kappa shape index (κ3) is 2.01.